The molecule has 1 aliphatic heterocycles. The molecule has 4 N–H and O–H groups in total. The van der Waals surface area contributed by atoms with E-state index in [0.717, 1.165) is 5.56 Å². The molecule has 2 heterocycles. The Balaban J connectivity index is 1.75. The van der Waals surface area contributed by atoms with Gasteiger partial charge in [-0.1, -0.05) is 36.4 Å². The summed E-state index contributed by atoms with van der Waals surface area (Å²) in [4.78, 5) is 38.1. The molecule has 1 aromatic heterocycles. The van der Waals surface area contributed by atoms with Gasteiger partial charge in [0.25, 0.3) is 5.91 Å². The third kappa shape index (κ3) is 4.96. The minimum absolute atomic E-state index is 0.111. The summed E-state index contributed by atoms with van der Waals surface area (Å²) in [5, 5.41) is 15.9. The van der Waals surface area contributed by atoms with Crippen molar-refractivity contribution >= 4 is 28.6 Å². The summed E-state index contributed by atoms with van der Waals surface area (Å²) in [6, 6.07) is 16.7. The van der Waals surface area contributed by atoms with Crippen molar-refractivity contribution in [2.75, 3.05) is 13.7 Å². The Morgan fingerprint density at radius 2 is 2.03 bits per heavy atom. The smallest absolute Gasteiger partial charge is 0.265 e. The van der Waals surface area contributed by atoms with E-state index >= 15 is 0 Å². The highest BCUT2D eigenvalue weighted by Crippen LogP contribution is 2.32. The van der Waals surface area contributed by atoms with Crippen molar-refractivity contribution < 1.29 is 19.1 Å². The second-order valence-electron chi connectivity index (χ2n) is 8.57. The van der Waals surface area contributed by atoms with Gasteiger partial charge < -0.3 is 25.7 Å². The van der Waals surface area contributed by atoms with Gasteiger partial charge in [0.15, 0.2) is 0 Å². The summed E-state index contributed by atoms with van der Waals surface area (Å²) in [5.41, 5.74) is 7.36. The first-order valence-electron chi connectivity index (χ1n) is 11.4. The monoisotopic (exact) mass is 473 g/mol. The van der Waals surface area contributed by atoms with Crippen molar-refractivity contribution in [3.05, 3.63) is 65.9 Å². The van der Waals surface area contributed by atoms with Gasteiger partial charge in [-0.05, 0) is 36.6 Å². The molecule has 0 bridgehead atoms. The maximum atomic E-state index is 13.7. The zero-order valence-corrected chi connectivity index (χ0v) is 19.4. The molecule has 0 unspecified atom stereocenters. The molecule has 3 atom stereocenters. The van der Waals surface area contributed by atoms with E-state index in [4.69, 9.17) is 10.5 Å². The normalized spacial score (nSPS) is 16.8. The number of hydrogen-bond acceptors (Lipinski definition) is 5. The Labute approximate surface area is 202 Å². The van der Waals surface area contributed by atoms with Gasteiger partial charge in [-0.15, -0.1) is 0 Å². The predicted octanol–water partition coefficient (Wildman–Crippen LogP) is 2.07. The van der Waals surface area contributed by atoms with E-state index in [-0.39, 0.29) is 30.4 Å². The second-order valence-corrected chi connectivity index (χ2v) is 8.57. The topological polar surface area (TPSA) is 139 Å². The van der Waals surface area contributed by atoms with Crippen molar-refractivity contribution in [3.63, 3.8) is 0 Å². The Morgan fingerprint density at radius 3 is 2.66 bits per heavy atom. The van der Waals surface area contributed by atoms with E-state index in [1.165, 1.54) is 7.11 Å². The zero-order valence-electron chi connectivity index (χ0n) is 19.4. The van der Waals surface area contributed by atoms with Crippen molar-refractivity contribution in [3.8, 4) is 11.8 Å². The molecule has 3 amide bonds. The molecule has 9 heteroatoms. The molecule has 180 valence electrons. The highest BCUT2D eigenvalue weighted by molar-refractivity contribution is 6.01. The number of rotatable bonds is 9. The Morgan fingerprint density at radius 1 is 1.26 bits per heavy atom. The number of hydrogen-bond donors (Lipinski definition) is 3. The highest BCUT2D eigenvalue weighted by atomic mass is 16.5. The van der Waals surface area contributed by atoms with Crippen LogP contribution in [0.25, 0.3) is 10.9 Å². The zero-order chi connectivity index (χ0) is 24.9. The fraction of sp³-hybridized carbons (Fsp3) is 0.308. The number of carbonyl (C=O) groups is 3. The number of methoxy groups -OCH3 is 1. The molecule has 3 aromatic rings. The average molecular weight is 474 g/mol. The number of aromatic nitrogens is 1. The number of nitriles is 1. The van der Waals surface area contributed by atoms with Crippen molar-refractivity contribution in [2.24, 2.45) is 11.7 Å². The lowest BCUT2D eigenvalue weighted by Crippen LogP contribution is -2.42. The lowest BCUT2D eigenvalue weighted by Gasteiger charge is -2.24. The van der Waals surface area contributed by atoms with Gasteiger partial charge in [-0.3, -0.25) is 14.4 Å². The fourth-order valence-electron chi connectivity index (χ4n) is 4.63. The van der Waals surface area contributed by atoms with Crippen LogP contribution in [0.5, 0.6) is 5.75 Å². The number of nitrogens with one attached hydrogen (secondary N) is 2. The van der Waals surface area contributed by atoms with Crippen LogP contribution in [0.3, 0.4) is 0 Å². The molecule has 9 nitrogen and oxygen atoms in total. The largest absolute Gasteiger partial charge is 0.496 e. The minimum atomic E-state index is -0.877. The number of primary amides is 1. The molecule has 0 radical (unpaired) electrons. The van der Waals surface area contributed by atoms with Gasteiger partial charge in [0.05, 0.1) is 18.7 Å². The maximum absolute atomic E-state index is 13.7. The summed E-state index contributed by atoms with van der Waals surface area (Å²) in [7, 11) is 1.53. The molecule has 1 aliphatic rings. The third-order valence-corrected chi connectivity index (χ3v) is 6.36. The Bertz CT molecular complexity index is 1290. The van der Waals surface area contributed by atoms with Crippen LogP contribution in [0, 0.1) is 17.2 Å². The molecule has 0 spiro atoms. The summed E-state index contributed by atoms with van der Waals surface area (Å²) in [6.07, 6.45) is 1.10. The van der Waals surface area contributed by atoms with Crippen LogP contribution in [0.2, 0.25) is 0 Å². The summed E-state index contributed by atoms with van der Waals surface area (Å²) in [6.45, 7) is 0.561. The lowest BCUT2D eigenvalue weighted by atomic mass is 9.98. The van der Waals surface area contributed by atoms with Gasteiger partial charge in [0.1, 0.15) is 23.5 Å². The average Bonchev–Trinajstić information content (AvgIpc) is 3.45. The van der Waals surface area contributed by atoms with E-state index in [1.54, 1.807) is 28.8 Å². The lowest BCUT2D eigenvalue weighted by molar-refractivity contribution is -0.126. The first-order chi connectivity index (χ1) is 16.9. The fourth-order valence-corrected chi connectivity index (χ4v) is 4.63. The number of fused-ring (bicyclic) bond motifs is 1. The highest BCUT2D eigenvalue weighted by Gasteiger charge is 2.32. The van der Waals surface area contributed by atoms with Crippen molar-refractivity contribution in [2.45, 2.75) is 31.3 Å². The number of benzene rings is 2. The standard InChI is InChI=1S/C26H27N5O4/c1-35-23-9-5-8-20-19(23)14-21(24(28)32)31(20)22(12-16-6-3-2-4-7-16)26(34)30-18(15-27)13-17-10-11-29-25(17)33/h2-9,14,17-18,22H,10-13H2,1H3,(H2,28,32)(H,29,33)(H,30,34)/t17-,18-,22-/m0/s1. The number of nitrogens with two attached hydrogens (primary N) is 1. The summed E-state index contributed by atoms with van der Waals surface area (Å²) < 4.78 is 7.06. The summed E-state index contributed by atoms with van der Waals surface area (Å²) >= 11 is 0. The number of amides is 3. The van der Waals surface area contributed by atoms with Crippen LogP contribution in [0.1, 0.15) is 34.9 Å². The van der Waals surface area contributed by atoms with Crippen LogP contribution in [0.4, 0.5) is 0 Å². The van der Waals surface area contributed by atoms with Crippen LogP contribution in [-0.4, -0.2) is 42.0 Å². The van der Waals surface area contributed by atoms with E-state index < -0.39 is 23.9 Å². The van der Waals surface area contributed by atoms with Crippen molar-refractivity contribution in [1.82, 2.24) is 15.2 Å². The predicted molar refractivity (Wildman–Crippen MR) is 129 cm³/mol. The maximum Gasteiger partial charge on any atom is 0.265 e. The number of nitrogens with zero attached hydrogens (tertiary/aromatic N) is 2. The van der Waals surface area contributed by atoms with Gasteiger partial charge >= 0.3 is 0 Å². The molecular weight excluding hydrogens is 446 g/mol. The summed E-state index contributed by atoms with van der Waals surface area (Å²) in [5.74, 6) is -1.02. The first kappa shape index (κ1) is 23.8. The molecule has 0 saturated carbocycles. The van der Waals surface area contributed by atoms with Crippen LogP contribution < -0.4 is 21.1 Å². The molecule has 1 saturated heterocycles. The van der Waals surface area contributed by atoms with E-state index in [9.17, 15) is 19.6 Å². The van der Waals surface area contributed by atoms with Gasteiger partial charge in [-0.2, -0.15) is 5.26 Å². The second kappa shape index (κ2) is 10.3. The molecule has 35 heavy (non-hydrogen) atoms. The Kier molecular flexibility index (Phi) is 7.01. The first-order valence-corrected chi connectivity index (χ1v) is 11.4. The molecule has 0 aliphatic carbocycles. The molecule has 2 aromatic carbocycles. The van der Waals surface area contributed by atoms with Crippen LogP contribution in [0.15, 0.2) is 54.6 Å². The SMILES string of the molecule is COc1cccc2c1cc(C(N)=O)n2[C@@H](Cc1ccccc1)C(=O)N[C@H](C#N)C[C@@H]1CCNC1=O. The minimum Gasteiger partial charge on any atom is -0.496 e. The van der Waals surface area contributed by atoms with Gasteiger partial charge in [0, 0.05) is 24.3 Å². The van der Waals surface area contributed by atoms with Crippen LogP contribution in [-0.2, 0) is 16.0 Å². The van der Waals surface area contributed by atoms with E-state index in [0.29, 0.717) is 29.6 Å². The molecular formula is C26H27N5O4. The number of ether oxygens (including phenoxy) is 1. The van der Waals surface area contributed by atoms with Gasteiger partial charge in [0.2, 0.25) is 11.8 Å². The van der Waals surface area contributed by atoms with E-state index in [1.807, 2.05) is 30.3 Å². The Hall–Kier alpha value is -4.32. The third-order valence-electron chi connectivity index (χ3n) is 6.36. The van der Waals surface area contributed by atoms with Crippen LogP contribution >= 0.6 is 0 Å². The quantitative estimate of drug-likeness (QED) is 0.437. The van der Waals surface area contributed by atoms with Crippen molar-refractivity contribution in [1.29, 1.82) is 5.26 Å². The van der Waals surface area contributed by atoms with E-state index in [2.05, 4.69) is 16.7 Å². The van der Waals surface area contributed by atoms with Gasteiger partial charge in [-0.25, -0.2) is 0 Å². The molecule has 4 rings (SSSR count). The number of carbonyl (C=O) groups excluding carboxylic acids is 3. The molecule has 1 fully saturated rings.